The van der Waals surface area contributed by atoms with E-state index in [-0.39, 0.29) is 17.2 Å². The first-order valence-corrected chi connectivity index (χ1v) is 13.3. The smallest absolute Gasteiger partial charge is 0.346 e. The van der Waals surface area contributed by atoms with E-state index in [0.29, 0.717) is 11.3 Å². The third-order valence-electron chi connectivity index (χ3n) is 4.89. The quantitative estimate of drug-likeness (QED) is 0.234. The second-order valence-corrected chi connectivity index (χ2v) is 11.7. The molecular weight excluding hydrogens is 459 g/mol. The maximum atomic E-state index is 13.2. The zero-order valence-electron chi connectivity index (χ0n) is 17.5. The summed E-state index contributed by atoms with van der Waals surface area (Å²) in [6.45, 7) is 4.63. The molecule has 0 aromatic heterocycles. The van der Waals surface area contributed by atoms with E-state index < -0.39 is 28.7 Å². The minimum atomic E-state index is -3.42. The molecule has 0 saturated carbocycles. The topological polar surface area (TPSA) is 131 Å². The molecule has 2 heterocycles. The molecule has 0 bridgehead atoms. The largest absolute Gasteiger partial charge is 0.450 e. The lowest BCUT2D eigenvalue weighted by molar-refractivity contribution is -0.385. The lowest BCUT2D eigenvalue weighted by Gasteiger charge is -2.24. The number of hydrogen-bond acceptors (Lipinski definition) is 7. The number of nitrogens with zero attached hydrogens (tertiary/aromatic N) is 3. The third kappa shape index (κ3) is 5.28. The van der Waals surface area contributed by atoms with Crippen LogP contribution in [0.5, 0.6) is 11.5 Å². The fourth-order valence-corrected chi connectivity index (χ4v) is 6.03. The van der Waals surface area contributed by atoms with Crippen LogP contribution in [0.2, 0.25) is 0 Å². The number of benzene rings is 2. The van der Waals surface area contributed by atoms with Crippen molar-refractivity contribution in [2.45, 2.75) is 13.0 Å². The average molecular weight is 482 g/mol. The summed E-state index contributed by atoms with van der Waals surface area (Å²) in [5.41, 5.74) is 0.690. The number of sulfonamides is 1. The zero-order chi connectivity index (χ0) is 23.1. The molecule has 1 atom stereocenters. The van der Waals surface area contributed by atoms with Crippen molar-refractivity contribution in [1.82, 2.24) is 9.34 Å². The Morgan fingerprint density at radius 3 is 2.19 bits per heavy atom. The van der Waals surface area contributed by atoms with Crippen molar-refractivity contribution in [2.75, 3.05) is 37.2 Å². The third-order valence-corrected chi connectivity index (χ3v) is 8.32. The molecule has 1 unspecified atom stereocenters. The van der Waals surface area contributed by atoms with Gasteiger partial charge in [-0.15, -0.1) is 0 Å². The van der Waals surface area contributed by atoms with Gasteiger partial charge in [-0.25, -0.2) is 17.8 Å². The van der Waals surface area contributed by atoms with Gasteiger partial charge in [-0.2, -0.15) is 0 Å². The van der Waals surface area contributed by atoms with Gasteiger partial charge < -0.3 is 4.74 Å². The van der Waals surface area contributed by atoms with Crippen LogP contribution in [0.25, 0.3) is 0 Å². The van der Waals surface area contributed by atoms with Crippen LogP contribution >= 0.6 is 7.67 Å². The van der Waals surface area contributed by atoms with Gasteiger partial charge in [0.1, 0.15) is 5.75 Å². The van der Waals surface area contributed by atoms with Gasteiger partial charge in [0.2, 0.25) is 15.8 Å². The van der Waals surface area contributed by atoms with Gasteiger partial charge in [-0.05, 0) is 48.9 Å². The number of nitrogens with one attached hydrogen (secondary N) is 1. The van der Waals surface area contributed by atoms with Crippen molar-refractivity contribution >= 4 is 29.1 Å². The minimum Gasteiger partial charge on any atom is -0.450 e. The molecule has 0 amide bonds. The highest BCUT2D eigenvalue weighted by molar-refractivity contribution is 7.92. The van der Waals surface area contributed by atoms with Gasteiger partial charge in [-0.1, -0.05) is 0 Å². The number of rotatable bonds is 10. The Balaban J connectivity index is 1.55. The number of anilines is 1. The molecular formula is C19H23N4O7PS. The molecule has 2 fully saturated rings. The molecule has 32 heavy (non-hydrogen) atoms. The predicted molar refractivity (Wildman–Crippen MR) is 118 cm³/mol. The van der Waals surface area contributed by atoms with Crippen molar-refractivity contribution in [1.29, 1.82) is 0 Å². The number of nitro groups is 1. The van der Waals surface area contributed by atoms with E-state index in [4.69, 9.17) is 9.26 Å². The fraction of sp³-hybridized carbons (Fsp3) is 0.368. The molecule has 11 nitrogen and oxygen atoms in total. The maximum Gasteiger partial charge on any atom is 0.346 e. The summed E-state index contributed by atoms with van der Waals surface area (Å²) in [5.74, 6) is 0.289. The molecule has 0 aliphatic carbocycles. The summed E-state index contributed by atoms with van der Waals surface area (Å²) in [4.78, 5) is 10.9. The van der Waals surface area contributed by atoms with Crippen LogP contribution in [-0.2, 0) is 19.1 Å². The second kappa shape index (κ2) is 8.45. The van der Waals surface area contributed by atoms with Gasteiger partial charge in [0.15, 0.2) is 0 Å². The summed E-state index contributed by atoms with van der Waals surface area (Å²) in [5, 5.41) is 11.5. The van der Waals surface area contributed by atoms with Crippen LogP contribution in [-0.4, -0.2) is 55.1 Å². The zero-order valence-corrected chi connectivity index (χ0v) is 19.2. The molecule has 2 aromatic carbocycles. The molecule has 2 aliphatic heterocycles. The highest BCUT2D eigenvalue weighted by Gasteiger charge is 2.50. The van der Waals surface area contributed by atoms with E-state index in [9.17, 15) is 23.1 Å². The molecule has 0 spiro atoms. The van der Waals surface area contributed by atoms with Gasteiger partial charge in [-0.3, -0.25) is 23.9 Å². The van der Waals surface area contributed by atoms with Crippen LogP contribution in [0.3, 0.4) is 0 Å². The Morgan fingerprint density at radius 2 is 1.69 bits per heavy atom. The summed E-state index contributed by atoms with van der Waals surface area (Å²) in [7, 11) is -6.49. The molecule has 172 valence electrons. The Labute approximate surface area is 185 Å². The molecule has 2 aliphatic rings. The summed E-state index contributed by atoms with van der Waals surface area (Å²) in [6.07, 6.45) is 0.459. The van der Waals surface area contributed by atoms with Crippen LogP contribution < -0.4 is 9.46 Å². The molecule has 1 N–H and O–H groups in total. The normalized spacial score (nSPS) is 17.6. The van der Waals surface area contributed by atoms with E-state index in [1.165, 1.54) is 36.4 Å². The van der Waals surface area contributed by atoms with E-state index in [2.05, 4.69) is 4.72 Å². The Bertz CT molecular complexity index is 1160. The second-order valence-electron chi connectivity index (χ2n) is 7.63. The SMILES string of the molecule is CC(OP(=O)(N1CC1)N1CC1)c1ccc([N+](=O)[O-])c(Oc2ccc(NS(C)(=O)=O)cc2)c1. The van der Waals surface area contributed by atoms with Gasteiger partial charge in [0.25, 0.3) is 0 Å². The molecule has 4 rings (SSSR count). The highest BCUT2D eigenvalue weighted by atomic mass is 32.2. The first-order valence-electron chi connectivity index (χ1n) is 9.88. The van der Waals surface area contributed by atoms with Gasteiger partial charge in [0, 0.05) is 37.9 Å². The number of ether oxygens (including phenoxy) is 1. The van der Waals surface area contributed by atoms with Crippen molar-refractivity contribution < 1.29 is 27.2 Å². The molecule has 2 saturated heterocycles. The Kier molecular flexibility index (Phi) is 5.99. The number of nitro benzene ring substituents is 1. The van der Waals surface area contributed by atoms with E-state index in [1.807, 2.05) is 0 Å². The Hall–Kier alpha value is -2.50. The number of hydrogen-bond donors (Lipinski definition) is 1. The van der Waals surface area contributed by atoms with E-state index >= 15 is 0 Å². The highest BCUT2D eigenvalue weighted by Crippen LogP contribution is 2.63. The first kappa shape index (κ1) is 22.7. The minimum absolute atomic E-state index is 0.0000562. The fourth-order valence-electron chi connectivity index (χ4n) is 3.12. The average Bonchev–Trinajstić information content (AvgIpc) is 3.60. The van der Waals surface area contributed by atoms with Crippen molar-refractivity contribution in [3.63, 3.8) is 0 Å². The predicted octanol–water partition coefficient (Wildman–Crippen LogP) is 3.58. The first-order chi connectivity index (χ1) is 15.0. The lowest BCUT2D eigenvalue weighted by atomic mass is 10.1. The van der Waals surface area contributed by atoms with Crippen LogP contribution in [0.4, 0.5) is 11.4 Å². The molecule has 2 aromatic rings. The van der Waals surface area contributed by atoms with Crippen LogP contribution in [0.1, 0.15) is 18.6 Å². The molecule has 13 heteroatoms. The van der Waals surface area contributed by atoms with Gasteiger partial charge >= 0.3 is 13.4 Å². The standard InChI is InChI=1S/C19H23N4O7PS/c1-14(30-31(26,21-9-10-21)22-11-12-22)15-3-8-18(23(24)25)19(13-15)29-17-6-4-16(5-7-17)20-32(2,27)28/h3-8,13-14,20H,9-12H2,1-2H3. The van der Waals surface area contributed by atoms with Crippen molar-refractivity contribution in [3.05, 3.63) is 58.1 Å². The summed E-state index contributed by atoms with van der Waals surface area (Å²) >= 11 is 0. The summed E-state index contributed by atoms with van der Waals surface area (Å²) in [6, 6.07) is 10.4. The monoisotopic (exact) mass is 482 g/mol. The molecule has 0 radical (unpaired) electrons. The van der Waals surface area contributed by atoms with Crippen LogP contribution in [0, 0.1) is 10.1 Å². The van der Waals surface area contributed by atoms with Gasteiger partial charge in [0.05, 0.1) is 17.3 Å². The van der Waals surface area contributed by atoms with E-state index in [1.54, 1.807) is 22.3 Å². The van der Waals surface area contributed by atoms with Crippen molar-refractivity contribution in [2.24, 2.45) is 0 Å². The lowest BCUT2D eigenvalue weighted by Crippen LogP contribution is -2.10. The maximum absolute atomic E-state index is 13.2. The Morgan fingerprint density at radius 1 is 1.09 bits per heavy atom. The van der Waals surface area contributed by atoms with Crippen LogP contribution in [0.15, 0.2) is 42.5 Å². The summed E-state index contributed by atoms with van der Waals surface area (Å²) < 4.78 is 53.5. The van der Waals surface area contributed by atoms with Crippen molar-refractivity contribution in [3.8, 4) is 11.5 Å². The van der Waals surface area contributed by atoms with E-state index in [0.717, 1.165) is 32.4 Å².